The summed E-state index contributed by atoms with van der Waals surface area (Å²) in [6.45, 7) is 3.40. The van der Waals surface area contributed by atoms with E-state index in [4.69, 9.17) is 9.57 Å². The SMILES string of the molecule is COc1cc(/C=C2\CCCN3C2=NOC2CNC[C@]23c2cc(F)c(F)c(F)c2)ccc1-n1cnc(C)c1. The summed E-state index contributed by atoms with van der Waals surface area (Å²) < 4.78 is 50.0. The molecule has 4 heterocycles. The number of imidazole rings is 1. The van der Waals surface area contributed by atoms with Crippen molar-refractivity contribution >= 4 is 11.9 Å². The van der Waals surface area contributed by atoms with Crippen LogP contribution in [-0.4, -0.2) is 53.1 Å². The molecule has 10 heteroatoms. The van der Waals surface area contributed by atoms with Gasteiger partial charge >= 0.3 is 0 Å². The van der Waals surface area contributed by atoms with Crippen LogP contribution in [0.4, 0.5) is 13.2 Å². The van der Waals surface area contributed by atoms with Gasteiger partial charge in [-0.3, -0.25) is 0 Å². The number of amidine groups is 1. The van der Waals surface area contributed by atoms with Crippen molar-refractivity contribution < 1.29 is 22.7 Å². The predicted molar refractivity (Wildman–Crippen MR) is 132 cm³/mol. The number of oxime groups is 1. The van der Waals surface area contributed by atoms with Crippen LogP contribution in [0, 0.1) is 24.4 Å². The van der Waals surface area contributed by atoms with E-state index in [-0.39, 0.29) is 0 Å². The summed E-state index contributed by atoms with van der Waals surface area (Å²) in [5, 5.41) is 7.72. The molecule has 192 valence electrons. The molecule has 1 unspecified atom stereocenters. The maximum atomic E-state index is 14.3. The van der Waals surface area contributed by atoms with Crippen LogP contribution in [0.2, 0.25) is 0 Å². The van der Waals surface area contributed by atoms with Crippen LogP contribution in [0.5, 0.6) is 5.75 Å². The minimum absolute atomic E-state index is 0.328. The molecule has 3 aromatic rings. The number of aryl methyl sites for hydroxylation is 1. The number of rotatable bonds is 4. The standard InChI is InChI=1S/C27H26F3N5O2/c1-16-13-34(15-32-16)22-6-5-17(9-23(22)36-2)8-18-4-3-7-35-26(18)33-37-24-12-31-14-27(24,35)19-10-20(28)25(30)21(29)11-19/h5-6,8-11,13,15,24,31H,3-4,7,12,14H2,1-2H3/b18-8+/t24?,27-/m0/s1. The van der Waals surface area contributed by atoms with Crippen LogP contribution in [0.3, 0.4) is 0 Å². The van der Waals surface area contributed by atoms with E-state index in [2.05, 4.69) is 20.4 Å². The summed E-state index contributed by atoms with van der Waals surface area (Å²) in [5.74, 6) is -2.60. The summed E-state index contributed by atoms with van der Waals surface area (Å²) in [6, 6.07) is 8.05. The van der Waals surface area contributed by atoms with Gasteiger partial charge in [0.1, 0.15) is 11.3 Å². The summed E-state index contributed by atoms with van der Waals surface area (Å²) in [4.78, 5) is 12.2. The Morgan fingerprint density at radius 1 is 1.19 bits per heavy atom. The van der Waals surface area contributed by atoms with Crippen LogP contribution in [0.15, 0.2) is 53.6 Å². The number of piperidine rings is 1. The molecule has 0 aliphatic carbocycles. The second-order valence-electron chi connectivity index (χ2n) is 9.60. The lowest BCUT2D eigenvalue weighted by atomic mass is 9.81. The number of benzene rings is 2. The minimum atomic E-state index is -1.48. The Morgan fingerprint density at radius 3 is 2.73 bits per heavy atom. The lowest BCUT2D eigenvalue weighted by Crippen LogP contribution is -2.61. The van der Waals surface area contributed by atoms with Gasteiger partial charge in [-0.25, -0.2) is 18.2 Å². The summed E-state index contributed by atoms with van der Waals surface area (Å²) in [6.07, 6.45) is 6.79. The zero-order valence-electron chi connectivity index (χ0n) is 20.5. The number of ether oxygens (including phenoxy) is 1. The Kier molecular flexibility index (Phi) is 5.71. The van der Waals surface area contributed by atoms with Crippen LogP contribution in [0.1, 0.15) is 29.7 Å². The van der Waals surface area contributed by atoms with E-state index in [1.165, 1.54) is 0 Å². The van der Waals surface area contributed by atoms with Gasteiger partial charge in [-0.05, 0) is 66.8 Å². The Balaban J connectivity index is 1.39. The average molecular weight is 510 g/mol. The second kappa shape index (κ2) is 8.95. The number of fused-ring (bicyclic) bond motifs is 3. The van der Waals surface area contributed by atoms with Crippen molar-refractivity contribution in [3.63, 3.8) is 0 Å². The largest absolute Gasteiger partial charge is 0.495 e. The van der Waals surface area contributed by atoms with Crippen LogP contribution >= 0.6 is 0 Å². The first-order chi connectivity index (χ1) is 17.9. The summed E-state index contributed by atoms with van der Waals surface area (Å²) >= 11 is 0. The molecule has 6 rings (SSSR count). The number of aromatic nitrogens is 2. The number of hydrogen-bond acceptors (Lipinski definition) is 6. The lowest BCUT2D eigenvalue weighted by Gasteiger charge is -2.50. The maximum absolute atomic E-state index is 14.3. The van der Waals surface area contributed by atoms with Crippen molar-refractivity contribution in [2.24, 2.45) is 5.16 Å². The summed E-state index contributed by atoms with van der Waals surface area (Å²) in [7, 11) is 1.62. The molecule has 2 fully saturated rings. The molecular weight excluding hydrogens is 483 g/mol. The molecule has 0 amide bonds. The highest BCUT2D eigenvalue weighted by Crippen LogP contribution is 2.44. The van der Waals surface area contributed by atoms with Crippen LogP contribution in [-0.2, 0) is 10.4 Å². The third-order valence-corrected chi connectivity index (χ3v) is 7.39. The Hall–Kier alpha value is -3.79. The van der Waals surface area contributed by atoms with Gasteiger partial charge in [-0.15, -0.1) is 0 Å². The molecule has 37 heavy (non-hydrogen) atoms. The number of nitrogens with one attached hydrogen (secondary N) is 1. The number of methoxy groups -OCH3 is 1. The molecule has 3 aliphatic heterocycles. The lowest BCUT2D eigenvalue weighted by molar-refractivity contribution is -0.0500. The van der Waals surface area contributed by atoms with Crippen molar-refractivity contribution in [3.05, 3.63) is 82.7 Å². The third-order valence-electron chi connectivity index (χ3n) is 7.39. The monoisotopic (exact) mass is 509 g/mol. The first-order valence-corrected chi connectivity index (χ1v) is 12.2. The topological polar surface area (TPSA) is 63.9 Å². The third kappa shape index (κ3) is 3.78. The van der Waals surface area contributed by atoms with E-state index in [0.29, 0.717) is 36.8 Å². The van der Waals surface area contributed by atoms with Gasteiger partial charge < -0.3 is 24.4 Å². The van der Waals surface area contributed by atoms with Gasteiger partial charge in [0.15, 0.2) is 29.4 Å². The van der Waals surface area contributed by atoms with Gasteiger partial charge in [0.2, 0.25) is 0 Å². The average Bonchev–Trinajstić information content (AvgIpc) is 3.54. The molecule has 2 atom stereocenters. The Bertz CT molecular complexity index is 1410. The quantitative estimate of drug-likeness (QED) is 0.532. The van der Waals surface area contributed by atoms with E-state index in [1.807, 2.05) is 42.0 Å². The molecule has 1 aromatic heterocycles. The molecule has 0 spiro atoms. The molecule has 7 nitrogen and oxygen atoms in total. The molecule has 2 aromatic carbocycles. The first-order valence-electron chi connectivity index (χ1n) is 12.2. The number of nitrogens with zero attached hydrogens (tertiary/aromatic N) is 4. The number of hydrogen-bond donors (Lipinski definition) is 1. The minimum Gasteiger partial charge on any atom is -0.495 e. The smallest absolute Gasteiger partial charge is 0.194 e. The van der Waals surface area contributed by atoms with Gasteiger partial charge in [0.05, 0.1) is 24.8 Å². The van der Waals surface area contributed by atoms with Crippen LogP contribution < -0.4 is 10.1 Å². The highest BCUT2D eigenvalue weighted by Gasteiger charge is 2.55. The van der Waals surface area contributed by atoms with Gasteiger partial charge in [0, 0.05) is 25.8 Å². The van der Waals surface area contributed by atoms with Crippen molar-refractivity contribution in [1.82, 2.24) is 19.8 Å². The molecule has 0 saturated carbocycles. The maximum Gasteiger partial charge on any atom is 0.194 e. The first kappa shape index (κ1) is 23.6. The van der Waals surface area contributed by atoms with Crippen molar-refractivity contribution in [2.75, 3.05) is 26.7 Å². The number of halogens is 3. The van der Waals surface area contributed by atoms with E-state index in [1.54, 1.807) is 13.4 Å². The molecule has 0 bridgehead atoms. The fourth-order valence-electron chi connectivity index (χ4n) is 5.64. The molecule has 2 saturated heterocycles. The van der Waals surface area contributed by atoms with E-state index in [9.17, 15) is 13.2 Å². The van der Waals surface area contributed by atoms with Crippen molar-refractivity contribution in [3.8, 4) is 11.4 Å². The Morgan fingerprint density at radius 2 is 2.00 bits per heavy atom. The van der Waals surface area contributed by atoms with E-state index < -0.39 is 29.1 Å². The highest BCUT2D eigenvalue weighted by molar-refractivity contribution is 6.03. The van der Waals surface area contributed by atoms with Gasteiger partial charge in [-0.2, -0.15) is 0 Å². The van der Waals surface area contributed by atoms with Gasteiger partial charge in [-0.1, -0.05) is 11.2 Å². The van der Waals surface area contributed by atoms with Crippen LogP contribution in [0.25, 0.3) is 11.8 Å². The van der Waals surface area contributed by atoms with Crippen molar-refractivity contribution in [1.29, 1.82) is 0 Å². The Labute approximate surface area is 212 Å². The molecule has 3 aliphatic rings. The van der Waals surface area contributed by atoms with Crippen molar-refractivity contribution in [2.45, 2.75) is 31.4 Å². The molecular formula is C27H26F3N5O2. The zero-order valence-corrected chi connectivity index (χ0v) is 20.5. The van der Waals surface area contributed by atoms with E-state index in [0.717, 1.165) is 47.5 Å². The second-order valence-corrected chi connectivity index (χ2v) is 9.60. The summed E-state index contributed by atoms with van der Waals surface area (Å²) in [5.41, 5.74) is 3.04. The van der Waals surface area contributed by atoms with E-state index >= 15 is 0 Å². The predicted octanol–water partition coefficient (Wildman–Crippen LogP) is 4.30. The van der Waals surface area contributed by atoms with Gasteiger partial charge in [0.25, 0.3) is 0 Å². The molecule has 0 radical (unpaired) electrons. The molecule has 1 N–H and O–H groups in total. The normalized spacial score (nSPS) is 23.9. The highest BCUT2D eigenvalue weighted by atomic mass is 19.2. The fourth-order valence-corrected chi connectivity index (χ4v) is 5.64. The fraction of sp³-hybridized carbons (Fsp3) is 0.333. The zero-order chi connectivity index (χ0) is 25.7.